The maximum Gasteiger partial charge on any atom is 0.416 e. The van der Waals surface area contributed by atoms with Crippen molar-refractivity contribution in [2.75, 3.05) is 24.3 Å². The van der Waals surface area contributed by atoms with Crippen LogP contribution in [0.2, 0.25) is 0 Å². The Morgan fingerprint density at radius 3 is 2.55 bits per heavy atom. The first-order valence-corrected chi connectivity index (χ1v) is 10.3. The zero-order chi connectivity index (χ0) is 22.2. The summed E-state index contributed by atoms with van der Waals surface area (Å²) in [6, 6.07) is 7.80. The third-order valence-corrected chi connectivity index (χ3v) is 5.05. The van der Waals surface area contributed by atoms with Crippen LogP contribution in [0.4, 0.5) is 16.3 Å². The van der Waals surface area contributed by atoms with Gasteiger partial charge in [0.05, 0.1) is 43.0 Å². The molecule has 164 valence electrons. The summed E-state index contributed by atoms with van der Waals surface area (Å²) in [5.74, 6) is 1.48. The molecular formula is C22H28N6O3. The van der Waals surface area contributed by atoms with E-state index in [4.69, 9.17) is 15.2 Å². The van der Waals surface area contributed by atoms with E-state index in [9.17, 15) is 4.79 Å². The van der Waals surface area contributed by atoms with Gasteiger partial charge in [0.25, 0.3) is 0 Å². The molecule has 3 aromatic rings. The van der Waals surface area contributed by atoms with E-state index in [1.54, 1.807) is 24.4 Å². The van der Waals surface area contributed by atoms with Crippen LogP contribution in [0.15, 0.2) is 36.7 Å². The zero-order valence-corrected chi connectivity index (χ0v) is 18.3. The monoisotopic (exact) mass is 424 g/mol. The number of anilines is 2. The number of carbonyl (C=O) groups is 1. The number of nitrogen functional groups attached to an aromatic ring is 1. The Kier molecular flexibility index (Phi) is 5.34. The number of fused-ring (bicyclic) bond motifs is 1. The highest BCUT2D eigenvalue weighted by Gasteiger charge is 2.32. The lowest BCUT2D eigenvalue weighted by Crippen LogP contribution is -2.41. The first kappa shape index (κ1) is 20.8. The minimum Gasteiger partial charge on any atom is -0.497 e. The van der Waals surface area contributed by atoms with Crippen molar-refractivity contribution in [3.8, 4) is 17.0 Å². The van der Waals surface area contributed by atoms with E-state index >= 15 is 0 Å². The van der Waals surface area contributed by atoms with E-state index in [0.29, 0.717) is 24.6 Å². The number of hydrogen-bond acceptors (Lipinski definition) is 6. The Labute approximate surface area is 181 Å². The molecule has 9 nitrogen and oxygen atoms in total. The van der Waals surface area contributed by atoms with E-state index < -0.39 is 11.7 Å². The van der Waals surface area contributed by atoms with Crippen molar-refractivity contribution in [3.05, 3.63) is 42.2 Å². The van der Waals surface area contributed by atoms with Crippen molar-refractivity contribution in [1.29, 1.82) is 0 Å². The van der Waals surface area contributed by atoms with Crippen LogP contribution >= 0.6 is 0 Å². The van der Waals surface area contributed by atoms with Gasteiger partial charge in [-0.15, -0.1) is 0 Å². The Balaban J connectivity index is 1.71. The third kappa shape index (κ3) is 4.21. The van der Waals surface area contributed by atoms with Crippen LogP contribution in [-0.2, 0) is 17.8 Å². The van der Waals surface area contributed by atoms with E-state index in [1.807, 2.05) is 54.4 Å². The number of benzene rings is 1. The highest BCUT2D eigenvalue weighted by Crippen LogP contribution is 2.37. The van der Waals surface area contributed by atoms with Crippen LogP contribution in [0.5, 0.6) is 5.75 Å². The van der Waals surface area contributed by atoms with E-state index in [-0.39, 0.29) is 0 Å². The average molecular weight is 425 g/mol. The zero-order valence-electron chi connectivity index (χ0n) is 18.3. The summed E-state index contributed by atoms with van der Waals surface area (Å²) in [6.07, 6.45) is 3.78. The minimum atomic E-state index is -0.589. The number of nitrogens with two attached hydrogens (primary N) is 1. The number of methoxy groups -OCH3 is 1. The van der Waals surface area contributed by atoms with Crippen molar-refractivity contribution >= 4 is 17.6 Å². The van der Waals surface area contributed by atoms with Gasteiger partial charge >= 0.3 is 6.09 Å². The first-order chi connectivity index (χ1) is 14.8. The Bertz CT molecular complexity index is 1080. The van der Waals surface area contributed by atoms with Gasteiger partial charge in [0.1, 0.15) is 17.2 Å². The molecule has 0 fully saturated rings. The molecule has 2 aromatic heterocycles. The fraction of sp³-hybridized carbons (Fsp3) is 0.409. The average Bonchev–Trinajstić information content (AvgIpc) is 3.30. The number of ether oxygens (including phenoxy) is 2. The number of rotatable bonds is 4. The summed E-state index contributed by atoms with van der Waals surface area (Å²) >= 11 is 0. The molecule has 1 aromatic carbocycles. The molecule has 1 amide bonds. The lowest BCUT2D eigenvalue weighted by Gasteiger charge is -2.31. The Morgan fingerprint density at radius 2 is 1.87 bits per heavy atom. The second-order valence-corrected chi connectivity index (χ2v) is 8.54. The summed E-state index contributed by atoms with van der Waals surface area (Å²) in [7, 11) is 1.64. The first-order valence-electron chi connectivity index (χ1n) is 10.3. The van der Waals surface area contributed by atoms with Gasteiger partial charge in [-0.05, 0) is 44.9 Å². The molecule has 0 radical (unpaired) electrons. The quantitative estimate of drug-likeness (QED) is 0.688. The number of aryl methyl sites for hydroxylation is 1. The van der Waals surface area contributed by atoms with Crippen LogP contribution < -0.4 is 15.4 Å². The van der Waals surface area contributed by atoms with Gasteiger partial charge in [-0.1, -0.05) is 12.1 Å². The number of carbonyl (C=O) groups excluding carboxylic acids is 1. The highest BCUT2D eigenvalue weighted by atomic mass is 16.6. The second-order valence-electron chi connectivity index (χ2n) is 8.54. The summed E-state index contributed by atoms with van der Waals surface area (Å²) in [5.41, 5.74) is 8.79. The highest BCUT2D eigenvalue weighted by molar-refractivity contribution is 5.94. The Morgan fingerprint density at radius 1 is 1.13 bits per heavy atom. The molecule has 3 heterocycles. The second kappa shape index (κ2) is 7.98. The normalized spacial score (nSPS) is 13.7. The maximum absolute atomic E-state index is 12.9. The molecule has 0 spiro atoms. The van der Waals surface area contributed by atoms with Crippen molar-refractivity contribution in [3.63, 3.8) is 0 Å². The van der Waals surface area contributed by atoms with E-state index in [0.717, 1.165) is 35.5 Å². The predicted octanol–water partition coefficient (Wildman–Crippen LogP) is 3.53. The van der Waals surface area contributed by atoms with Crippen LogP contribution in [0.1, 0.15) is 32.8 Å². The van der Waals surface area contributed by atoms with Gasteiger partial charge in [0.15, 0.2) is 0 Å². The van der Waals surface area contributed by atoms with Crippen molar-refractivity contribution < 1.29 is 14.3 Å². The molecule has 31 heavy (non-hydrogen) atoms. The fourth-order valence-electron chi connectivity index (χ4n) is 3.69. The largest absolute Gasteiger partial charge is 0.497 e. The molecule has 0 saturated heterocycles. The molecule has 4 rings (SSSR count). The summed E-state index contributed by atoms with van der Waals surface area (Å²) in [4.78, 5) is 14.6. The van der Waals surface area contributed by atoms with Gasteiger partial charge < -0.3 is 15.2 Å². The number of nitrogens with zero attached hydrogens (tertiary/aromatic N) is 5. The molecule has 0 aliphatic carbocycles. The van der Waals surface area contributed by atoms with Gasteiger partial charge in [0.2, 0.25) is 0 Å². The van der Waals surface area contributed by atoms with Gasteiger partial charge in [0, 0.05) is 13.1 Å². The van der Waals surface area contributed by atoms with Crippen LogP contribution in [0, 0.1) is 0 Å². The van der Waals surface area contributed by atoms with E-state index in [2.05, 4.69) is 10.2 Å². The third-order valence-electron chi connectivity index (χ3n) is 5.05. The molecule has 1 aliphatic rings. The van der Waals surface area contributed by atoms with E-state index in [1.165, 1.54) is 0 Å². The van der Waals surface area contributed by atoms with Crippen molar-refractivity contribution in [1.82, 2.24) is 19.6 Å². The molecule has 2 N–H and O–H groups in total. The number of amides is 1. The standard InChI is InChI=1S/C22H28N6O3/c1-22(2,3)31-21(29)26-10-5-11-27-20(26)17(12-24-27)19-18(23)13-25-28(19)14-15-6-8-16(30-4)9-7-15/h6-9,12-13H,5,10-11,14,23H2,1-4H3. The van der Waals surface area contributed by atoms with Gasteiger partial charge in [-0.2, -0.15) is 10.2 Å². The molecule has 0 atom stereocenters. The molecule has 9 heteroatoms. The molecule has 1 aliphatic heterocycles. The fourth-order valence-corrected chi connectivity index (χ4v) is 3.69. The lowest BCUT2D eigenvalue weighted by atomic mass is 10.1. The summed E-state index contributed by atoms with van der Waals surface area (Å²) in [6.45, 7) is 7.37. The van der Waals surface area contributed by atoms with Crippen LogP contribution in [-0.4, -0.2) is 44.9 Å². The van der Waals surface area contributed by atoms with Crippen LogP contribution in [0.3, 0.4) is 0 Å². The molecule has 0 bridgehead atoms. The lowest BCUT2D eigenvalue weighted by molar-refractivity contribution is 0.0572. The smallest absolute Gasteiger partial charge is 0.416 e. The topological polar surface area (TPSA) is 100 Å². The Hall–Kier alpha value is -3.49. The number of hydrogen-bond donors (Lipinski definition) is 1. The maximum atomic E-state index is 12.9. The van der Waals surface area contributed by atoms with Gasteiger partial charge in [-0.3, -0.25) is 9.58 Å². The summed E-state index contributed by atoms with van der Waals surface area (Å²) in [5, 5.41) is 8.98. The van der Waals surface area contributed by atoms with Crippen LogP contribution in [0.25, 0.3) is 11.3 Å². The number of aromatic nitrogens is 4. The minimum absolute atomic E-state index is 0.394. The SMILES string of the molecule is COc1ccc(Cn2ncc(N)c2-c2cnn3c2N(C(=O)OC(C)(C)C)CCC3)cc1. The van der Waals surface area contributed by atoms with Gasteiger partial charge in [-0.25, -0.2) is 9.48 Å². The predicted molar refractivity (Wildman–Crippen MR) is 118 cm³/mol. The summed E-state index contributed by atoms with van der Waals surface area (Å²) < 4.78 is 14.5. The van der Waals surface area contributed by atoms with Crippen molar-refractivity contribution in [2.45, 2.75) is 45.9 Å². The van der Waals surface area contributed by atoms with Crippen molar-refractivity contribution in [2.24, 2.45) is 0 Å². The molecular weight excluding hydrogens is 396 g/mol. The molecule has 0 saturated carbocycles. The molecule has 0 unspecified atom stereocenters.